The minimum Gasteiger partial charge on any atom is -0.316 e. The topological polar surface area (TPSA) is 12.0 Å². The van der Waals surface area contributed by atoms with Crippen molar-refractivity contribution >= 4 is 0 Å². The predicted molar refractivity (Wildman–Crippen MR) is 68.1 cm³/mol. The molecule has 1 aliphatic carbocycles. The highest BCUT2D eigenvalue weighted by molar-refractivity contribution is 4.73. The first kappa shape index (κ1) is 13.0. The van der Waals surface area contributed by atoms with Crippen molar-refractivity contribution in [1.29, 1.82) is 0 Å². The van der Waals surface area contributed by atoms with Crippen molar-refractivity contribution in [3.05, 3.63) is 0 Å². The normalized spacial score (nSPS) is 26.8. The summed E-state index contributed by atoms with van der Waals surface area (Å²) in [7, 11) is 0. The number of nitrogens with one attached hydrogen (secondary N) is 1. The van der Waals surface area contributed by atoms with Crippen molar-refractivity contribution in [1.82, 2.24) is 5.32 Å². The average molecular weight is 211 g/mol. The van der Waals surface area contributed by atoms with Gasteiger partial charge in [0.25, 0.3) is 0 Å². The molecule has 1 fully saturated rings. The van der Waals surface area contributed by atoms with Crippen LogP contribution in [0.2, 0.25) is 0 Å². The van der Waals surface area contributed by atoms with E-state index in [0.717, 1.165) is 11.8 Å². The number of unbranched alkanes of at least 4 members (excludes halogenated alkanes) is 2. The Morgan fingerprint density at radius 2 is 1.60 bits per heavy atom. The molecular formula is C14H29N. The van der Waals surface area contributed by atoms with Crippen LogP contribution in [-0.2, 0) is 0 Å². The van der Waals surface area contributed by atoms with Crippen molar-refractivity contribution in [2.75, 3.05) is 13.1 Å². The monoisotopic (exact) mass is 211 g/mol. The second-order valence-corrected chi connectivity index (χ2v) is 5.21. The summed E-state index contributed by atoms with van der Waals surface area (Å²) in [6.45, 7) is 7.13. The molecule has 90 valence electrons. The van der Waals surface area contributed by atoms with Crippen LogP contribution in [0.1, 0.15) is 65.2 Å². The van der Waals surface area contributed by atoms with Gasteiger partial charge in [0.05, 0.1) is 0 Å². The summed E-state index contributed by atoms with van der Waals surface area (Å²) in [4.78, 5) is 0. The Morgan fingerprint density at radius 1 is 0.933 bits per heavy atom. The number of hydrogen-bond donors (Lipinski definition) is 1. The highest BCUT2D eigenvalue weighted by atomic mass is 14.9. The zero-order valence-corrected chi connectivity index (χ0v) is 10.7. The molecule has 0 radical (unpaired) electrons. The van der Waals surface area contributed by atoms with E-state index in [9.17, 15) is 0 Å². The lowest BCUT2D eigenvalue weighted by molar-refractivity contribution is 0.262. The first-order valence-electron chi connectivity index (χ1n) is 7.07. The maximum Gasteiger partial charge on any atom is -0.00205 e. The van der Waals surface area contributed by atoms with E-state index in [1.807, 2.05) is 0 Å². The van der Waals surface area contributed by atoms with E-state index in [1.54, 1.807) is 0 Å². The van der Waals surface area contributed by atoms with Crippen LogP contribution in [0.4, 0.5) is 0 Å². The fraction of sp³-hybridized carbons (Fsp3) is 1.00. The molecule has 0 aromatic heterocycles. The number of rotatable bonds is 7. The summed E-state index contributed by atoms with van der Waals surface area (Å²) >= 11 is 0. The lowest BCUT2D eigenvalue weighted by Gasteiger charge is -2.27. The molecule has 15 heavy (non-hydrogen) atoms. The van der Waals surface area contributed by atoms with Gasteiger partial charge in [-0.2, -0.15) is 0 Å². The van der Waals surface area contributed by atoms with E-state index in [4.69, 9.17) is 0 Å². The molecule has 0 heterocycles. The van der Waals surface area contributed by atoms with Crippen molar-refractivity contribution in [2.45, 2.75) is 65.2 Å². The van der Waals surface area contributed by atoms with Gasteiger partial charge < -0.3 is 5.32 Å². The molecule has 0 bridgehead atoms. The largest absolute Gasteiger partial charge is 0.316 e. The third kappa shape index (κ3) is 5.55. The fourth-order valence-corrected chi connectivity index (χ4v) is 2.65. The average Bonchev–Trinajstić information content (AvgIpc) is 2.30. The molecule has 0 atom stereocenters. The Hall–Kier alpha value is -0.0400. The summed E-state index contributed by atoms with van der Waals surface area (Å²) in [5.74, 6) is 2.02. The van der Waals surface area contributed by atoms with Crippen LogP contribution >= 0.6 is 0 Å². The Kier molecular flexibility index (Phi) is 7.08. The Labute approximate surface area is 96.0 Å². The quantitative estimate of drug-likeness (QED) is 0.628. The summed E-state index contributed by atoms with van der Waals surface area (Å²) in [6, 6.07) is 0. The molecule has 1 saturated carbocycles. The van der Waals surface area contributed by atoms with Crippen LogP contribution in [0.3, 0.4) is 0 Å². The summed E-state index contributed by atoms with van der Waals surface area (Å²) in [5, 5.41) is 3.62. The Morgan fingerprint density at radius 3 is 2.20 bits per heavy atom. The second-order valence-electron chi connectivity index (χ2n) is 5.21. The van der Waals surface area contributed by atoms with Gasteiger partial charge in [-0.25, -0.2) is 0 Å². The molecular weight excluding hydrogens is 182 g/mol. The molecule has 1 rings (SSSR count). The highest BCUT2D eigenvalue weighted by Crippen LogP contribution is 2.29. The third-order valence-electron chi connectivity index (χ3n) is 3.93. The van der Waals surface area contributed by atoms with Gasteiger partial charge in [-0.3, -0.25) is 0 Å². The molecule has 1 aliphatic rings. The molecule has 0 aromatic rings. The third-order valence-corrected chi connectivity index (χ3v) is 3.93. The molecule has 0 amide bonds. The van der Waals surface area contributed by atoms with Crippen LogP contribution in [-0.4, -0.2) is 13.1 Å². The minimum atomic E-state index is 0.981. The van der Waals surface area contributed by atoms with Crippen molar-refractivity contribution in [3.63, 3.8) is 0 Å². The first-order valence-corrected chi connectivity index (χ1v) is 7.07. The van der Waals surface area contributed by atoms with Crippen molar-refractivity contribution < 1.29 is 0 Å². The molecule has 1 nitrogen and oxygen atoms in total. The summed E-state index contributed by atoms with van der Waals surface area (Å²) in [5.41, 5.74) is 0. The lowest BCUT2D eigenvalue weighted by Crippen LogP contribution is -2.27. The predicted octanol–water partition coefficient (Wildman–Crippen LogP) is 3.98. The van der Waals surface area contributed by atoms with Gasteiger partial charge in [-0.1, -0.05) is 46.0 Å². The molecule has 1 N–H and O–H groups in total. The van der Waals surface area contributed by atoms with Crippen LogP contribution in [0.5, 0.6) is 0 Å². The van der Waals surface area contributed by atoms with Crippen molar-refractivity contribution in [3.8, 4) is 0 Å². The Balaban J connectivity index is 1.94. The van der Waals surface area contributed by atoms with Gasteiger partial charge in [0.2, 0.25) is 0 Å². The molecule has 0 aromatic carbocycles. The second kappa shape index (κ2) is 8.15. The molecule has 0 aliphatic heterocycles. The van der Waals surface area contributed by atoms with E-state index in [1.165, 1.54) is 64.5 Å². The maximum atomic E-state index is 3.62. The lowest BCUT2D eigenvalue weighted by atomic mass is 9.81. The van der Waals surface area contributed by atoms with E-state index < -0.39 is 0 Å². The standard InChI is InChI=1S/C14H29N/c1-3-5-6-11-15-12-14-9-7-13(4-2)8-10-14/h13-15H,3-12H2,1-2H3. The van der Waals surface area contributed by atoms with E-state index in [0.29, 0.717) is 0 Å². The van der Waals surface area contributed by atoms with Crippen molar-refractivity contribution in [2.24, 2.45) is 11.8 Å². The zero-order chi connectivity index (χ0) is 10.9. The molecule has 0 spiro atoms. The number of hydrogen-bond acceptors (Lipinski definition) is 1. The molecule has 1 heteroatoms. The maximum absolute atomic E-state index is 3.62. The SMILES string of the molecule is CCCCCNCC1CCC(CC)CC1. The molecule has 0 saturated heterocycles. The van der Waals surface area contributed by atoms with Crippen LogP contribution < -0.4 is 5.32 Å². The Bertz CT molecular complexity index is 136. The first-order chi connectivity index (χ1) is 7.36. The fourth-order valence-electron chi connectivity index (χ4n) is 2.65. The van der Waals surface area contributed by atoms with Gasteiger partial charge in [0.1, 0.15) is 0 Å². The van der Waals surface area contributed by atoms with E-state index in [-0.39, 0.29) is 0 Å². The van der Waals surface area contributed by atoms with Gasteiger partial charge >= 0.3 is 0 Å². The zero-order valence-electron chi connectivity index (χ0n) is 10.7. The van der Waals surface area contributed by atoms with Gasteiger partial charge in [0.15, 0.2) is 0 Å². The van der Waals surface area contributed by atoms with Crippen LogP contribution in [0, 0.1) is 11.8 Å². The highest BCUT2D eigenvalue weighted by Gasteiger charge is 2.19. The van der Waals surface area contributed by atoms with E-state index >= 15 is 0 Å². The minimum absolute atomic E-state index is 0.981. The summed E-state index contributed by atoms with van der Waals surface area (Å²) in [6.07, 6.45) is 11.4. The van der Waals surface area contributed by atoms with Gasteiger partial charge in [0, 0.05) is 0 Å². The van der Waals surface area contributed by atoms with E-state index in [2.05, 4.69) is 19.2 Å². The van der Waals surface area contributed by atoms with Gasteiger partial charge in [-0.05, 0) is 44.2 Å². The van der Waals surface area contributed by atoms with Crippen LogP contribution in [0.15, 0.2) is 0 Å². The van der Waals surface area contributed by atoms with Gasteiger partial charge in [-0.15, -0.1) is 0 Å². The summed E-state index contributed by atoms with van der Waals surface area (Å²) < 4.78 is 0. The molecule has 0 unspecified atom stereocenters. The van der Waals surface area contributed by atoms with Crippen LogP contribution in [0.25, 0.3) is 0 Å². The smallest absolute Gasteiger partial charge is 0.00205 e.